The van der Waals surface area contributed by atoms with Gasteiger partial charge in [-0.15, -0.1) is 0 Å². The fourth-order valence-corrected chi connectivity index (χ4v) is 1.31. The van der Waals surface area contributed by atoms with Crippen LogP contribution in [-0.4, -0.2) is 0 Å². The van der Waals surface area contributed by atoms with E-state index in [2.05, 4.69) is 12.2 Å². The van der Waals surface area contributed by atoms with Crippen LogP contribution in [0.5, 0.6) is 0 Å². The van der Waals surface area contributed by atoms with Crippen LogP contribution in [0.25, 0.3) is 0 Å². The Hall–Kier alpha value is -1.48. The highest BCUT2D eigenvalue weighted by atomic mass is 16.3. The van der Waals surface area contributed by atoms with Gasteiger partial charge in [-0.2, -0.15) is 0 Å². The van der Waals surface area contributed by atoms with Crippen LogP contribution in [0.15, 0.2) is 45.6 Å². The summed E-state index contributed by atoms with van der Waals surface area (Å²) in [6.07, 6.45) is 3.36. The lowest BCUT2D eigenvalue weighted by atomic mass is 10.2. The van der Waals surface area contributed by atoms with Crippen molar-refractivity contribution in [1.29, 1.82) is 0 Å². The lowest BCUT2D eigenvalue weighted by Gasteiger charge is -2.09. The summed E-state index contributed by atoms with van der Waals surface area (Å²) < 4.78 is 10.5. The highest BCUT2D eigenvalue weighted by Gasteiger charge is 2.07. The molecule has 2 aromatic rings. The number of nitrogens with one attached hydrogen (secondary N) is 1. The Morgan fingerprint density at radius 3 is 2.64 bits per heavy atom. The van der Waals surface area contributed by atoms with Gasteiger partial charge in [-0.1, -0.05) is 0 Å². The summed E-state index contributed by atoms with van der Waals surface area (Å²) in [5.74, 6) is 1.87. The minimum Gasteiger partial charge on any atom is -0.468 e. The van der Waals surface area contributed by atoms with E-state index in [0.717, 1.165) is 18.1 Å². The topological polar surface area (TPSA) is 38.3 Å². The zero-order valence-electron chi connectivity index (χ0n) is 8.07. The van der Waals surface area contributed by atoms with Gasteiger partial charge in [0.2, 0.25) is 0 Å². The maximum atomic E-state index is 5.27. The molecular formula is C11H13NO2. The fraction of sp³-hybridized carbons (Fsp3) is 0.273. The molecule has 0 amide bonds. The van der Waals surface area contributed by atoms with Gasteiger partial charge in [0.05, 0.1) is 25.1 Å². The van der Waals surface area contributed by atoms with Gasteiger partial charge in [-0.25, -0.2) is 0 Å². The molecule has 0 saturated heterocycles. The Bertz CT molecular complexity index is 351. The van der Waals surface area contributed by atoms with Gasteiger partial charge in [0.25, 0.3) is 0 Å². The summed E-state index contributed by atoms with van der Waals surface area (Å²) in [7, 11) is 0. The molecule has 0 bridgehead atoms. The van der Waals surface area contributed by atoms with Crippen LogP contribution < -0.4 is 5.32 Å². The van der Waals surface area contributed by atoms with Crippen LogP contribution in [0, 0.1) is 0 Å². The van der Waals surface area contributed by atoms with Gasteiger partial charge >= 0.3 is 0 Å². The van der Waals surface area contributed by atoms with Crippen LogP contribution in [0.4, 0.5) is 0 Å². The van der Waals surface area contributed by atoms with Gasteiger partial charge in [-0.05, 0) is 31.2 Å². The van der Waals surface area contributed by atoms with Crippen molar-refractivity contribution in [2.45, 2.75) is 19.5 Å². The molecule has 1 atom stereocenters. The largest absolute Gasteiger partial charge is 0.468 e. The first kappa shape index (κ1) is 9.09. The van der Waals surface area contributed by atoms with E-state index in [4.69, 9.17) is 8.83 Å². The summed E-state index contributed by atoms with van der Waals surface area (Å²) >= 11 is 0. The maximum absolute atomic E-state index is 5.27. The lowest BCUT2D eigenvalue weighted by molar-refractivity contribution is 0.407. The molecule has 1 N–H and O–H groups in total. The number of hydrogen-bond acceptors (Lipinski definition) is 3. The molecule has 0 spiro atoms. The Morgan fingerprint density at radius 2 is 2.00 bits per heavy atom. The van der Waals surface area contributed by atoms with Gasteiger partial charge in [-0.3, -0.25) is 0 Å². The second-order valence-corrected chi connectivity index (χ2v) is 3.20. The van der Waals surface area contributed by atoms with Crippen LogP contribution in [0.1, 0.15) is 24.5 Å². The van der Waals surface area contributed by atoms with E-state index in [1.165, 1.54) is 0 Å². The highest BCUT2D eigenvalue weighted by Crippen LogP contribution is 2.13. The zero-order chi connectivity index (χ0) is 9.80. The third-order valence-corrected chi connectivity index (χ3v) is 2.13. The van der Waals surface area contributed by atoms with Crippen LogP contribution in [-0.2, 0) is 6.54 Å². The van der Waals surface area contributed by atoms with E-state index in [1.807, 2.05) is 24.3 Å². The third kappa shape index (κ3) is 2.06. The summed E-state index contributed by atoms with van der Waals surface area (Å²) in [6, 6.07) is 7.88. The van der Waals surface area contributed by atoms with E-state index >= 15 is 0 Å². The second kappa shape index (κ2) is 4.15. The molecule has 3 nitrogen and oxygen atoms in total. The predicted octanol–water partition coefficient (Wildman–Crippen LogP) is 2.72. The Kier molecular flexibility index (Phi) is 2.70. The van der Waals surface area contributed by atoms with Gasteiger partial charge in [0.1, 0.15) is 11.5 Å². The van der Waals surface area contributed by atoms with Crippen LogP contribution in [0.3, 0.4) is 0 Å². The SMILES string of the molecule is C[C@H](NCc1ccco1)c1ccco1. The molecule has 0 aromatic carbocycles. The van der Waals surface area contributed by atoms with Crippen molar-refractivity contribution in [2.24, 2.45) is 0 Å². The average molecular weight is 191 g/mol. The molecule has 2 heterocycles. The van der Waals surface area contributed by atoms with Crippen molar-refractivity contribution in [3.8, 4) is 0 Å². The molecular weight excluding hydrogens is 178 g/mol. The molecule has 0 unspecified atom stereocenters. The monoisotopic (exact) mass is 191 g/mol. The van der Waals surface area contributed by atoms with Crippen molar-refractivity contribution in [3.63, 3.8) is 0 Å². The number of rotatable bonds is 4. The summed E-state index contributed by atoms with van der Waals surface area (Å²) in [5, 5.41) is 3.30. The lowest BCUT2D eigenvalue weighted by Crippen LogP contribution is -2.17. The standard InChI is InChI=1S/C11H13NO2/c1-9(11-5-3-7-14-11)12-8-10-4-2-6-13-10/h2-7,9,12H,8H2,1H3/t9-/m0/s1. The quantitative estimate of drug-likeness (QED) is 0.807. The van der Waals surface area contributed by atoms with Crippen LogP contribution in [0.2, 0.25) is 0 Å². The Morgan fingerprint density at radius 1 is 1.21 bits per heavy atom. The molecule has 0 aliphatic carbocycles. The van der Waals surface area contributed by atoms with Gasteiger partial charge in [0.15, 0.2) is 0 Å². The fourth-order valence-electron chi connectivity index (χ4n) is 1.31. The first-order valence-electron chi connectivity index (χ1n) is 4.65. The molecule has 0 aliphatic rings. The van der Waals surface area contributed by atoms with Crippen molar-refractivity contribution < 1.29 is 8.83 Å². The van der Waals surface area contributed by atoms with E-state index in [-0.39, 0.29) is 6.04 Å². The first-order chi connectivity index (χ1) is 6.86. The van der Waals surface area contributed by atoms with Crippen molar-refractivity contribution in [3.05, 3.63) is 48.3 Å². The second-order valence-electron chi connectivity index (χ2n) is 3.20. The molecule has 0 fully saturated rings. The highest BCUT2D eigenvalue weighted by molar-refractivity contribution is 5.04. The predicted molar refractivity (Wildman–Crippen MR) is 52.7 cm³/mol. The molecule has 74 valence electrons. The van der Waals surface area contributed by atoms with E-state index < -0.39 is 0 Å². The molecule has 2 aromatic heterocycles. The average Bonchev–Trinajstić information content (AvgIpc) is 2.87. The minimum absolute atomic E-state index is 0.204. The normalized spacial score (nSPS) is 12.9. The Labute approximate surface area is 82.7 Å². The molecule has 0 saturated carbocycles. The Balaban J connectivity index is 1.87. The van der Waals surface area contributed by atoms with Crippen molar-refractivity contribution in [2.75, 3.05) is 0 Å². The number of hydrogen-bond donors (Lipinski definition) is 1. The van der Waals surface area contributed by atoms with E-state index in [0.29, 0.717) is 0 Å². The number of furan rings is 2. The van der Waals surface area contributed by atoms with Gasteiger partial charge in [0, 0.05) is 0 Å². The van der Waals surface area contributed by atoms with Gasteiger partial charge < -0.3 is 14.2 Å². The summed E-state index contributed by atoms with van der Waals surface area (Å²) in [6.45, 7) is 2.77. The smallest absolute Gasteiger partial charge is 0.120 e. The molecule has 0 radical (unpaired) electrons. The molecule has 3 heteroatoms. The third-order valence-electron chi connectivity index (χ3n) is 2.13. The molecule has 2 rings (SSSR count). The first-order valence-corrected chi connectivity index (χ1v) is 4.65. The minimum atomic E-state index is 0.204. The van der Waals surface area contributed by atoms with Crippen molar-refractivity contribution >= 4 is 0 Å². The van der Waals surface area contributed by atoms with E-state index in [1.54, 1.807) is 12.5 Å². The summed E-state index contributed by atoms with van der Waals surface area (Å²) in [4.78, 5) is 0. The maximum Gasteiger partial charge on any atom is 0.120 e. The summed E-state index contributed by atoms with van der Waals surface area (Å²) in [5.41, 5.74) is 0. The van der Waals surface area contributed by atoms with E-state index in [9.17, 15) is 0 Å². The molecule has 0 aliphatic heterocycles. The van der Waals surface area contributed by atoms with Crippen molar-refractivity contribution in [1.82, 2.24) is 5.32 Å². The molecule has 14 heavy (non-hydrogen) atoms. The zero-order valence-corrected chi connectivity index (χ0v) is 8.07. The van der Waals surface area contributed by atoms with Crippen LogP contribution >= 0.6 is 0 Å².